The third-order valence-corrected chi connectivity index (χ3v) is 17.6. The van der Waals surface area contributed by atoms with Gasteiger partial charge in [0.1, 0.15) is 36.6 Å². The van der Waals surface area contributed by atoms with Crippen LogP contribution in [0.1, 0.15) is 119 Å². The molecule has 20 nitrogen and oxygen atoms in total. The fourth-order valence-electron chi connectivity index (χ4n) is 11.9. The van der Waals surface area contributed by atoms with Gasteiger partial charge in [-0.15, -0.1) is 5.10 Å². The number of benzene rings is 1. The van der Waals surface area contributed by atoms with Crippen molar-refractivity contribution in [2.75, 3.05) is 53.8 Å². The van der Waals surface area contributed by atoms with Crippen molar-refractivity contribution in [2.45, 2.75) is 210 Å². The molecule has 22 heteroatoms. The van der Waals surface area contributed by atoms with Gasteiger partial charge in [0.05, 0.1) is 71.4 Å². The topological polar surface area (TPSA) is 251 Å². The van der Waals surface area contributed by atoms with Crippen molar-refractivity contribution in [1.29, 1.82) is 0 Å². The second-order valence-electron chi connectivity index (χ2n) is 23.0. The minimum absolute atomic E-state index is 0.0149. The van der Waals surface area contributed by atoms with Gasteiger partial charge in [0.15, 0.2) is 22.2 Å². The van der Waals surface area contributed by atoms with Crippen LogP contribution < -0.4 is 0 Å². The summed E-state index contributed by atoms with van der Waals surface area (Å²) in [5.41, 5.74) is -3.33. The van der Waals surface area contributed by atoms with E-state index in [1.165, 1.54) is 37.8 Å². The molecule has 5 rings (SSSR count). The van der Waals surface area contributed by atoms with Crippen molar-refractivity contribution in [2.24, 2.45) is 23.7 Å². The Labute approximate surface area is 450 Å². The highest BCUT2D eigenvalue weighted by Gasteiger charge is 2.55. The standard InChI is InChI=1S/C54H90FN5O15S/c1-16-44-54(11,66)47(62)35(6)59(13)27-31(2)24-52(9,65)49(33(4)45(34(5)50(64)74-44)43-25-53(10,69-14)48(63)36(7)72-43)75-51-46(73-37(8)61)42(23-32(3)71-51)58(12)22-21-39-28-60(57-56-39)40(26-55)30-70-29-38-17-19-41(20-18-38)76(15,67)68/h17-20,28,31-36,40,42-49,51,62-63,65-66H,16,21-27,29-30H2,1-15H3/t31-,32-,33+,34-,35-,36+,40-,42+,43?,44-,45+,46-,47-,48+,49-,51+,52-,53-,54-/m1/s1. The van der Waals surface area contributed by atoms with Gasteiger partial charge in [-0.3, -0.25) is 14.5 Å². The fourth-order valence-corrected chi connectivity index (χ4v) is 12.5. The number of likely N-dealkylation sites (N-methyl/N-ethyl adjacent to an activating group) is 2. The monoisotopic (exact) mass is 1100 g/mol. The molecule has 1 aromatic heterocycles. The van der Waals surface area contributed by atoms with Gasteiger partial charge in [-0.05, 0) is 104 Å². The summed E-state index contributed by atoms with van der Waals surface area (Å²) in [5, 5.41) is 56.6. The van der Waals surface area contributed by atoms with Crippen LogP contribution in [0.25, 0.3) is 0 Å². The Morgan fingerprint density at radius 3 is 2.28 bits per heavy atom. The zero-order valence-corrected chi connectivity index (χ0v) is 48.3. The van der Waals surface area contributed by atoms with Crippen LogP contribution in [-0.4, -0.2) is 203 Å². The average Bonchev–Trinajstić information content (AvgIpc) is 3.82. The Morgan fingerprint density at radius 1 is 1.03 bits per heavy atom. The number of ether oxygens (including phenoxy) is 7. The first-order valence-corrected chi connectivity index (χ1v) is 28.7. The molecule has 4 N–H and O–H groups in total. The lowest BCUT2D eigenvalue weighted by Gasteiger charge is -2.51. The second-order valence-corrected chi connectivity index (χ2v) is 25.0. The number of aliphatic hydroxyl groups is 4. The van der Waals surface area contributed by atoms with Gasteiger partial charge < -0.3 is 58.5 Å². The van der Waals surface area contributed by atoms with E-state index in [-0.39, 0.29) is 43.3 Å². The number of esters is 2. The minimum atomic E-state index is -3.35. The Morgan fingerprint density at radius 2 is 1.68 bits per heavy atom. The Hall–Kier alpha value is -3.26. The van der Waals surface area contributed by atoms with E-state index in [4.69, 9.17) is 33.2 Å². The lowest BCUT2D eigenvalue weighted by atomic mass is 9.68. The van der Waals surface area contributed by atoms with E-state index in [9.17, 15) is 42.8 Å². The zero-order chi connectivity index (χ0) is 56.8. The molecular weight excluding hydrogens is 1010 g/mol. The molecule has 1 aromatic carbocycles. The SMILES string of the molecule is CC[C@H]1OC(=O)[C@H](C)[C@@H](C2C[C@@](C)(OC)[C@@H](O)[C@H](C)O2)[C@H](C)[C@@H](O[C@@H]2O[C@H](C)C[C@H](N(C)CCc3cn([C@H](CF)COCc4ccc(S(C)(=O)=O)cc4)nn3)[C@H]2OC(C)=O)[C@](C)(O)C[C@@H](C)CN(C)[C@H](C)[C@@H](O)[C@]1(C)O. The third-order valence-electron chi connectivity index (χ3n) is 16.5. The van der Waals surface area contributed by atoms with Crippen molar-refractivity contribution >= 4 is 21.8 Å². The predicted molar refractivity (Wildman–Crippen MR) is 279 cm³/mol. The number of halogens is 1. The quantitative estimate of drug-likeness (QED) is 0.163. The number of hydrogen-bond donors (Lipinski definition) is 4. The van der Waals surface area contributed by atoms with Crippen LogP contribution >= 0.6 is 0 Å². The van der Waals surface area contributed by atoms with Crippen LogP contribution in [0.5, 0.6) is 0 Å². The molecule has 0 bridgehead atoms. The molecule has 3 aliphatic rings. The predicted octanol–water partition coefficient (Wildman–Crippen LogP) is 4.08. The van der Waals surface area contributed by atoms with E-state index < -0.39 is 136 Å². The summed E-state index contributed by atoms with van der Waals surface area (Å²) in [6.45, 7) is 19.1. The molecule has 4 heterocycles. The number of carbonyl (C=O) groups is 2. The van der Waals surface area contributed by atoms with E-state index in [0.717, 1.165) is 11.8 Å². The smallest absolute Gasteiger partial charge is 0.309 e. The maximum atomic E-state index is 14.7. The number of cyclic esters (lactones) is 1. The van der Waals surface area contributed by atoms with Crippen LogP contribution in [0.15, 0.2) is 35.4 Å². The molecule has 3 saturated heterocycles. The Kier molecular flexibility index (Phi) is 22.0. The van der Waals surface area contributed by atoms with Gasteiger partial charge >= 0.3 is 11.9 Å². The summed E-state index contributed by atoms with van der Waals surface area (Å²) in [5.74, 6) is -4.03. The minimum Gasteiger partial charge on any atom is -0.459 e. The Bertz CT molecular complexity index is 2290. The summed E-state index contributed by atoms with van der Waals surface area (Å²) < 4.78 is 84.0. The fraction of sp³-hybridized carbons (Fsp3) is 0.815. The normalized spacial score (nSPS) is 38.2. The van der Waals surface area contributed by atoms with E-state index in [1.54, 1.807) is 59.9 Å². The van der Waals surface area contributed by atoms with Gasteiger partial charge in [-0.25, -0.2) is 17.5 Å². The molecule has 0 radical (unpaired) electrons. The van der Waals surface area contributed by atoms with E-state index in [2.05, 4.69) is 10.3 Å². The molecule has 3 fully saturated rings. The number of rotatable bonds is 17. The number of hydrogen-bond acceptors (Lipinski definition) is 19. The molecule has 0 aliphatic carbocycles. The van der Waals surface area contributed by atoms with Gasteiger partial charge in [-0.2, -0.15) is 0 Å². The van der Waals surface area contributed by atoms with Crippen molar-refractivity contribution in [1.82, 2.24) is 24.8 Å². The van der Waals surface area contributed by atoms with Crippen molar-refractivity contribution in [3.8, 4) is 0 Å². The lowest BCUT2D eigenvalue weighted by molar-refractivity contribution is -0.305. The van der Waals surface area contributed by atoms with Gasteiger partial charge in [0, 0.05) is 64.4 Å². The van der Waals surface area contributed by atoms with Crippen molar-refractivity contribution in [3.63, 3.8) is 0 Å². The number of nitrogens with zero attached hydrogens (tertiary/aromatic N) is 5. The second kappa shape index (κ2) is 26.3. The summed E-state index contributed by atoms with van der Waals surface area (Å²) in [7, 11) is 1.86. The maximum Gasteiger partial charge on any atom is 0.309 e. The number of alkyl halides is 1. The van der Waals surface area contributed by atoms with Crippen LogP contribution in [0.2, 0.25) is 0 Å². The van der Waals surface area contributed by atoms with Crippen molar-refractivity contribution in [3.05, 3.63) is 41.7 Å². The van der Waals surface area contributed by atoms with Crippen LogP contribution in [0, 0.1) is 23.7 Å². The summed E-state index contributed by atoms with van der Waals surface area (Å²) in [6.07, 6.45) is -4.74. The van der Waals surface area contributed by atoms with Gasteiger partial charge in [-0.1, -0.05) is 45.0 Å². The lowest BCUT2D eigenvalue weighted by Crippen LogP contribution is -2.62. The highest BCUT2D eigenvalue weighted by molar-refractivity contribution is 7.90. The molecule has 0 amide bonds. The van der Waals surface area contributed by atoms with Crippen molar-refractivity contribution < 1.29 is 76.0 Å². The molecular formula is C54H90FN5O15S. The highest BCUT2D eigenvalue weighted by Crippen LogP contribution is 2.45. The molecule has 19 atom stereocenters. The maximum absolute atomic E-state index is 14.7. The third kappa shape index (κ3) is 15.3. The number of methoxy groups -OCH3 is 1. The largest absolute Gasteiger partial charge is 0.459 e. The molecule has 1 unspecified atom stereocenters. The first kappa shape index (κ1) is 63.6. The molecule has 2 aromatic rings. The van der Waals surface area contributed by atoms with Gasteiger partial charge in [0.25, 0.3) is 0 Å². The van der Waals surface area contributed by atoms with E-state index >= 15 is 0 Å². The molecule has 76 heavy (non-hydrogen) atoms. The van der Waals surface area contributed by atoms with Crippen LogP contribution in [0.3, 0.4) is 0 Å². The molecule has 3 aliphatic heterocycles. The number of carbonyl (C=O) groups excluding carboxylic acids is 2. The average molecular weight is 1100 g/mol. The molecule has 0 spiro atoms. The molecule has 434 valence electrons. The molecule has 0 saturated carbocycles. The number of sulfone groups is 1. The first-order valence-electron chi connectivity index (χ1n) is 26.8. The summed E-state index contributed by atoms with van der Waals surface area (Å²) in [6, 6.07) is 4.44. The summed E-state index contributed by atoms with van der Waals surface area (Å²) in [4.78, 5) is 31.9. The first-order chi connectivity index (χ1) is 35.4. The zero-order valence-electron chi connectivity index (χ0n) is 47.5. The van der Waals surface area contributed by atoms with E-state index in [0.29, 0.717) is 31.6 Å². The van der Waals surface area contributed by atoms with Crippen LogP contribution in [-0.2, 0) is 65.6 Å². The Balaban J connectivity index is 1.46. The highest BCUT2D eigenvalue weighted by atomic mass is 32.2. The number of aliphatic hydroxyl groups excluding tert-OH is 2. The van der Waals surface area contributed by atoms with Gasteiger partial charge in [0.2, 0.25) is 0 Å². The number of aromatic nitrogens is 3. The van der Waals surface area contributed by atoms with Crippen LogP contribution in [0.4, 0.5) is 4.39 Å². The van der Waals surface area contributed by atoms with E-state index in [1.807, 2.05) is 44.7 Å². The summed E-state index contributed by atoms with van der Waals surface area (Å²) >= 11 is 0.